The Bertz CT molecular complexity index is 466. The van der Waals surface area contributed by atoms with E-state index in [4.69, 9.17) is 0 Å². The number of unbranched alkanes of at least 4 members (excludes halogenated alkanes) is 1. The van der Waals surface area contributed by atoms with Crippen molar-refractivity contribution in [2.45, 2.75) is 52.9 Å². The van der Waals surface area contributed by atoms with Gasteiger partial charge in [-0.15, -0.1) is 0 Å². The third-order valence-corrected chi connectivity index (χ3v) is 11.1. The van der Waals surface area contributed by atoms with E-state index in [0.717, 1.165) is 0 Å². The average molecular weight is 320 g/mol. The normalized spacial score (nSPS) is 17.6. The molecule has 2 aliphatic rings. The van der Waals surface area contributed by atoms with E-state index in [-0.39, 0.29) is 0 Å². The van der Waals surface area contributed by atoms with Gasteiger partial charge in [0.05, 0.1) is 0 Å². The molecule has 0 bridgehead atoms. The Hall–Kier alpha value is -0.287. The van der Waals surface area contributed by atoms with Crippen molar-refractivity contribution < 1.29 is 21.3 Å². The molecule has 2 rings (SSSR count). The zero-order valence-corrected chi connectivity index (χ0v) is 14.4. The Morgan fingerprint density at radius 2 is 2.06 bits per heavy atom. The van der Waals surface area contributed by atoms with Crippen molar-refractivity contribution in [1.82, 2.24) is 0 Å². The SMILES string of the molecule is CCCCC1=CC[C]([Zr]([C]2=CC=CC2)=[C](C)C)=C1. The van der Waals surface area contributed by atoms with Gasteiger partial charge in [-0.1, -0.05) is 0 Å². The van der Waals surface area contributed by atoms with Crippen molar-refractivity contribution >= 4 is 3.21 Å². The Labute approximate surface area is 119 Å². The van der Waals surface area contributed by atoms with E-state index in [0.29, 0.717) is 0 Å². The average Bonchev–Trinajstić information content (AvgIpc) is 2.98. The van der Waals surface area contributed by atoms with Crippen molar-refractivity contribution in [1.29, 1.82) is 0 Å². The van der Waals surface area contributed by atoms with Crippen LogP contribution in [0.25, 0.3) is 0 Å². The summed E-state index contributed by atoms with van der Waals surface area (Å²) < 4.78 is 5.30. The Morgan fingerprint density at radius 3 is 2.67 bits per heavy atom. The summed E-state index contributed by atoms with van der Waals surface area (Å²) in [5.74, 6) is 0. The minimum atomic E-state index is -1.60. The maximum atomic E-state index is 2.55. The van der Waals surface area contributed by atoms with Crippen LogP contribution in [0.4, 0.5) is 0 Å². The molecule has 0 unspecified atom stereocenters. The molecule has 0 nitrogen and oxygen atoms in total. The molecule has 0 radical (unpaired) electrons. The molecule has 0 N–H and O–H groups in total. The molecule has 1 heteroatoms. The topological polar surface area (TPSA) is 0 Å². The fraction of sp³-hybridized carbons (Fsp3) is 0.471. The van der Waals surface area contributed by atoms with Crippen molar-refractivity contribution in [2.75, 3.05) is 0 Å². The molecule has 0 heterocycles. The van der Waals surface area contributed by atoms with E-state index < -0.39 is 21.3 Å². The van der Waals surface area contributed by atoms with Gasteiger partial charge in [-0.3, -0.25) is 0 Å². The second-order valence-electron chi connectivity index (χ2n) is 5.46. The fourth-order valence-corrected chi connectivity index (χ4v) is 9.96. The van der Waals surface area contributed by atoms with Crippen LogP contribution in [0.2, 0.25) is 0 Å². The first-order chi connectivity index (χ1) is 8.72. The van der Waals surface area contributed by atoms with Crippen LogP contribution in [0.3, 0.4) is 0 Å². The molecule has 0 saturated carbocycles. The summed E-state index contributed by atoms with van der Waals surface area (Å²) in [6.07, 6.45) is 18.4. The van der Waals surface area contributed by atoms with Gasteiger partial charge in [-0.25, -0.2) is 0 Å². The van der Waals surface area contributed by atoms with Crippen LogP contribution in [-0.2, 0) is 21.3 Å². The van der Waals surface area contributed by atoms with Gasteiger partial charge in [0.15, 0.2) is 0 Å². The van der Waals surface area contributed by atoms with Gasteiger partial charge in [-0.05, 0) is 0 Å². The first-order valence-corrected chi connectivity index (χ1v) is 10.8. The summed E-state index contributed by atoms with van der Waals surface area (Å²) in [5, 5.41) is 0. The quantitative estimate of drug-likeness (QED) is 0.664. The molecule has 18 heavy (non-hydrogen) atoms. The third kappa shape index (κ3) is 3.38. The molecular formula is C17H24Zr. The van der Waals surface area contributed by atoms with Crippen molar-refractivity contribution in [2.24, 2.45) is 0 Å². The standard InChI is InChI=1S/C9H13.C5H5.C3H6.Zr/c1-2-3-6-9-7-4-5-8-9;1-2-4-5-3-1;1-3-2;/h7-8H,2-4,6H2,1H3;1-3H,4H2;1-2H3;. The maximum absolute atomic E-state index is 2.55. The molecule has 2 aliphatic carbocycles. The molecule has 96 valence electrons. The molecule has 0 aromatic carbocycles. The molecule has 0 fully saturated rings. The van der Waals surface area contributed by atoms with Crippen LogP contribution in [0.15, 0.2) is 42.5 Å². The zero-order chi connectivity index (χ0) is 13.0. The van der Waals surface area contributed by atoms with E-state index in [2.05, 4.69) is 51.2 Å². The van der Waals surface area contributed by atoms with E-state index >= 15 is 0 Å². The predicted molar refractivity (Wildman–Crippen MR) is 78.5 cm³/mol. The van der Waals surface area contributed by atoms with Gasteiger partial charge in [-0.2, -0.15) is 0 Å². The predicted octanol–water partition coefficient (Wildman–Crippen LogP) is 5.06. The summed E-state index contributed by atoms with van der Waals surface area (Å²) in [5.41, 5.74) is 1.61. The molecule has 0 aromatic heterocycles. The Morgan fingerprint density at radius 1 is 1.22 bits per heavy atom. The summed E-state index contributed by atoms with van der Waals surface area (Å²) in [6.45, 7) is 7.00. The monoisotopic (exact) mass is 318 g/mol. The molecular weight excluding hydrogens is 295 g/mol. The van der Waals surface area contributed by atoms with Crippen molar-refractivity contribution in [3.05, 3.63) is 42.5 Å². The van der Waals surface area contributed by atoms with Crippen LogP contribution in [0, 0.1) is 0 Å². The number of allylic oxidation sites excluding steroid dienone is 8. The summed E-state index contributed by atoms with van der Waals surface area (Å²) >= 11 is -1.60. The minimum absolute atomic E-state index is 1.22. The number of rotatable bonds is 5. The number of hydrogen-bond donors (Lipinski definition) is 0. The van der Waals surface area contributed by atoms with Gasteiger partial charge in [0, 0.05) is 0 Å². The van der Waals surface area contributed by atoms with Crippen molar-refractivity contribution in [3.63, 3.8) is 0 Å². The first kappa shape index (κ1) is 14.1. The zero-order valence-electron chi connectivity index (χ0n) is 11.9. The van der Waals surface area contributed by atoms with Gasteiger partial charge in [0.1, 0.15) is 0 Å². The van der Waals surface area contributed by atoms with Crippen LogP contribution in [-0.4, -0.2) is 3.21 Å². The second kappa shape index (κ2) is 6.76. The first-order valence-electron chi connectivity index (χ1n) is 7.16. The van der Waals surface area contributed by atoms with Crippen LogP contribution in [0.1, 0.15) is 52.9 Å². The van der Waals surface area contributed by atoms with Crippen LogP contribution >= 0.6 is 0 Å². The Balaban J connectivity index is 2.14. The number of hydrogen-bond acceptors (Lipinski definition) is 0. The second-order valence-corrected chi connectivity index (χ2v) is 12.9. The summed E-state index contributed by atoms with van der Waals surface area (Å²) in [6, 6.07) is 0. The molecule has 0 atom stereocenters. The third-order valence-electron chi connectivity index (χ3n) is 3.68. The van der Waals surface area contributed by atoms with Gasteiger partial charge < -0.3 is 0 Å². The fourth-order valence-electron chi connectivity index (χ4n) is 2.79. The summed E-state index contributed by atoms with van der Waals surface area (Å²) in [4.78, 5) is 0. The van der Waals surface area contributed by atoms with Crippen LogP contribution in [0.5, 0.6) is 0 Å². The molecule has 0 spiro atoms. The summed E-state index contributed by atoms with van der Waals surface area (Å²) in [7, 11) is 0. The Kier molecular flexibility index (Phi) is 5.30. The molecule has 0 aliphatic heterocycles. The van der Waals surface area contributed by atoms with Gasteiger partial charge >= 0.3 is 120 Å². The van der Waals surface area contributed by atoms with Crippen LogP contribution < -0.4 is 0 Å². The van der Waals surface area contributed by atoms with Gasteiger partial charge in [0.25, 0.3) is 0 Å². The van der Waals surface area contributed by atoms with E-state index in [1.807, 2.05) is 0 Å². The van der Waals surface area contributed by atoms with Crippen molar-refractivity contribution in [3.8, 4) is 0 Å². The molecule has 0 amide bonds. The van der Waals surface area contributed by atoms with E-state index in [1.165, 1.54) is 32.1 Å². The molecule has 0 saturated heterocycles. The molecule has 0 aromatic rings. The van der Waals surface area contributed by atoms with E-state index in [9.17, 15) is 0 Å². The van der Waals surface area contributed by atoms with Gasteiger partial charge in [0.2, 0.25) is 0 Å². The van der Waals surface area contributed by atoms with E-state index in [1.54, 1.807) is 15.3 Å².